The van der Waals surface area contributed by atoms with Crippen LogP contribution in [0.25, 0.3) is 10.8 Å². The zero-order valence-corrected chi connectivity index (χ0v) is 24.3. The molecule has 220 valence electrons. The minimum Gasteiger partial charge on any atom is -0.548 e. The number of aliphatic carboxylic acids is 1. The van der Waals surface area contributed by atoms with Gasteiger partial charge in [-0.15, -0.1) is 0 Å². The topological polar surface area (TPSA) is 178 Å². The second-order valence-electron chi connectivity index (χ2n) is 12.3. The number of nitrogens with one attached hydrogen (secondary N) is 3. The molecule has 0 saturated carbocycles. The summed E-state index contributed by atoms with van der Waals surface area (Å²) in [7, 11) is 0. The summed E-state index contributed by atoms with van der Waals surface area (Å²) in [4.78, 5) is 56.4. The van der Waals surface area contributed by atoms with Crippen LogP contribution in [-0.2, 0) is 25.5 Å². The fourth-order valence-electron chi connectivity index (χ4n) is 4.83. The highest BCUT2D eigenvalue weighted by Gasteiger charge is 2.49. The summed E-state index contributed by atoms with van der Waals surface area (Å²) < 4.78 is 5.34. The van der Waals surface area contributed by atoms with Crippen LogP contribution in [0.2, 0.25) is 0 Å². The molecule has 0 radical (unpaired) electrons. The lowest BCUT2D eigenvalue weighted by Gasteiger charge is -2.36. The third-order valence-corrected chi connectivity index (χ3v) is 6.75. The van der Waals surface area contributed by atoms with E-state index in [-0.39, 0.29) is 19.4 Å². The fourth-order valence-corrected chi connectivity index (χ4v) is 4.83. The van der Waals surface area contributed by atoms with Gasteiger partial charge in [-0.2, -0.15) is 0 Å². The van der Waals surface area contributed by atoms with Crippen LogP contribution in [0.1, 0.15) is 53.5 Å². The highest BCUT2D eigenvalue weighted by Crippen LogP contribution is 2.28. The van der Waals surface area contributed by atoms with Gasteiger partial charge in [0.15, 0.2) is 6.04 Å². The molecule has 12 heteroatoms. The molecule has 2 aromatic rings. The van der Waals surface area contributed by atoms with Gasteiger partial charge in [0, 0.05) is 6.54 Å². The summed E-state index contributed by atoms with van der Waals surface area (Å²) in [6, 6.07) is 8.51. The van der Waals surface area contributed by atoms with E-state index in [0.717, 1.165) is 10.8 Å². The van der Waals surface area contributed by atoms with E-state index in [1.165, 1.54) is 4.90 Å². The Bertz CT molecular complexity index is 1360. The van der Waals surface area contributed by atoms with Gasteiger partial charge in [0.2, 0.25) is 16.7 Å². The monoisotopic (exact) mass is 566 g/mol. The quantitative estimate of drug-likeness (QED) is 0.325. The SMILES string of the molecule is CC(C)(C)OC(=O)NC(C(=O)N1CC[C@@H](N=[N+]=N)[C@H]1C(=O)NC(Cc1ccc2ccccc2c1)C(=O)[O-])C(C)(C)C. The number of nitrogens with zero attached hydrogens (tertiary/aromatic N) is 3. The molecular weight excluding hydrogens is 528 g/mol. The van der Waals surface area contributed by atoms with E-state index >= 15 is 0 Å². The van der Waals surface area contributed by atoms with Crippen molar-refractivity contribution in [3.63, 3.8) is 0 Å². The first-order chi connectivity index (χ1) is 19.1. The minimum absolute atomic E-state index is 0.0466. The van der Waals surface area contributed by atoms with Crippen molar-refractivity contribution >= 4 is 34.6 Å². The molecule has 0 aliphatic carbocycles. The number of carbonyl (C=O) groups excluding carboxylic acids is 4. The number of benzene rings is 2. The summed E-state index contributed by atoms with van der Waals surface area (Å²) in [6.45, 7) is 10.5. The van der Waals surface area contributed by atoms with E-state index < -0.39 is 59.1 Å². The van der Waals surface area contributed by atoms with Gasteiger partial charge in [0.05, 0.1) is 12.0 Å². The number of carboxylic acid groups (broad SMARTS) is 1. The largest absolute Gasteiger partial charge is 0.548 e. The molecule has 2 aromatic carbocycles. The Balaban J connectivity index is 1.85. The minimum atomic E-state index is -1.49. The summed E-state index contributed by atoms with van der Waals surface area (Å²) in [5.74, 6) is -2.82. The summed E-state index contributed by atoms with van der Waals surface area (Å²) in [5.41, 5.74) is 6.31. The molecule has 3 N–H and O–H groups in total. The molecule has 3 rings (SSSR count). The Kier molecular flexibility index (Phi) is 9.49. The van der Waals surface area contributed by atoms with E-state index in [2.05, 4.69) is 20.7 Å². The van der Waals surface area contributed by atoms with Crippen LogP contribution < -0.4 is 20.7 Å². The zero-order valence-electron chi connectivity index (χ0n) is 24.3. The Labute approximate surface area is 239 Å². The first-order valence-corrected chi connectivity index (χ1v) is 13.5. The number of amides is 3. The highest BCUT2D eigenvalue weighted by atomic mass is 16.6. The Hall–Kier alpha value is -4.31. The van der Waals surface area contributed by atoms with Gasteiger partial charge in [0.25, 0.3) is 0 Å². The van der Waals surface area contributed by atoms with Gasteiger partial charge in [-0.25, -0.2) is 4.79 Å². The second kappa shape index (κ2) is 12.5. The van der Waals surface area contributed by atoms with Crippen LogP contribution in [-0.4, -0.2) is 65.1 Å². The summed E-state index contributed by atoms with van der Waals surface area (Å²) in [5, 5.41) is 22.9. The van der Waals surface area contributed by atoms with E-state index in [0.29, 0.717) is 5.56 Å². The molecule has 3 amide bonds. The average Bonchev–Trinajstić information content (AvgIpc) is 3.28. The van der Waals surface area contributed by atoms with E-state index in [1.807, 2.05) is 36.4 Å². The van der Waals surface area contributed by atoms with Crippen LogP contribution in [0, 0.1) is 10.9 Å². The molecule has 1 aliphatic heterocycles. The lowest BCUT2D eigenvalue weighted by molar-refractivity contribution is -0.308. The van der Waals surface area contributed by atoms with Crippen molar-refractivity contribution in [2.45, 2.75) is 84.2 Å². The van der Waals surface area contributed by atoms with Crippen molar-refractivity contribution in [1.82, 2.24) is 20.4 Å². The maximum atomic E-state index is 13.8. The normalized spacial score (nSPS) is 18.6. The highest BCUT2D eigenvalue weighted by molar-refractivity contribution is 5.94. The third kappa shape index (κ3) is 8.11. The zero-order chi connectivity index (χ0) is 30.5. The van der Waals surface area contributed by atoms with Gasteiger partial charge in [-0.3, -0.25) is 9.59 Å². The Morgan fingerprint density at radius 1 is 1.07 bits per heavy atom. The number of carbonyl (C=O) groups is 4. The number of hydrogen-bond acceptors (Lipinski definition) is 8. The molecule has 1 saturated heterocycles. The maximum absolute atomic E-state index is 13.8. The molecule has 0 aromatic heterocycles. The smallest absolute Gasteiger partial charge is 0.408 e. The van der Waals surface area contributed by atoms with Crippen molar-refractivity contribution in [1.29, 1.82) is 5.53 Å². The molecule has 41 heavy (non-hydrogen) atoms. The standard InChI is InChI=1S/C29H38N6O6/c1-28(2,3)23(32-27(40)41-29(4,5)6)25(37)35-14-13-20(33-34-30)22(35)24(36)31-21(26(38)39)16-17-11-12-18-9-7-8-10-19(18)15-17/h7-12,15,20-23,30H,13-14,16H2,1-6H3,(H2-,31,32,36,38,39,40)/t20-,21?,22+,23?/m1/s1. The molecule has 1 aliphatic rings. The van der Waals surface area contributed by atoms with Crippen molar-refractivity contribution in [3.8, 4) is 0 Å². The van der Waals surface area contributed by atoms with Crippen molar-refractivity contribution in [2.75, 3.05) is 6.54 Å². The van der Waals surface area contributed by atoms with Crippen LogP contribution >= 0.6 is 0 Å². The van der Waals surface area contributed by atoms with E-state index in [1.54, 1.807) is 47.6 Å². The fraction of sp³-hybridized carbons (Fsp3) is 0.517. The molecule has 2 unspecified atom stereocenters. The summed E-state index contributed by atoms with van der Waals surface area (Å²) >= 11 is 0. The van der Waals surface area contributed by atoms with Gasteiger partial charge < -0.3 is 30.2 Å². The van der Waals surface area contributed by atoms with E-state index in [4.69, 9.17) is 10.3 Å². The number of rotatable bonds is 8. The molecule has 1 heterocycles. The lowest BCUT2D eigenvalue weighted by Crippen LogP contribution is -2.61. The predicted molar refractivity (Wildman–Crippen MR) is 148 cm³/mol. The van der Waals surface area contributed by atoms with Gasteiger partial charge >= 0.3 is 6.09 Å². The molecular formula is C29H38N6O6. The molecule has 0 bridgehead atoms. The van der Waals surface area contributed by atoms with Crippen molar-refractivity contribution in [3.05, 3.63) is 48.0 Å². The van der Waals surface area contributed by atoms with Crippen LogP contribution in [0.15, 0.2) is 47.6 Å². The molecule has 0 spiro atoms. The average molecular weight is 567 g/mol. The third-order valence-electron chi connectivity index (χ3n) is 6.75. The molecule has 1 fully saturated rings. The van der Waals surface area contributed by atoms with Gasteiger partial charge in [0.1, 0.15) is 28.3 Å². The number of alkyl carbamates (subject to hydrolysis) is 1. The van der Waals surface area contributed by atoms with Crippen LogP contribution in [0.3, 0.4) is 0 Å². The maximum Gasteiger partial charge on any atom is 0.408 e. The predicted octanol–water partition coefficient (Wildman–Crippen LogP) is 2.08. The first kappa shape index (κ1) is 31.2. The number of fused-ring (bicyclic) bond motifs is 1. The second-order valence-corrected chi connectivity index (χ2v) is 12.3. The van der Waals surface area contributed by atoms with Gasteiger partial charge in [-0.05, 0) is 55.4 Å². The first-order valence-electron chi connectivity index (χ1n) is 13.5. The Morgan fingerprint density at radius 2 is 1.73 bits per heavy atom. The summed E-state index contributed by atoms with van der Waals surface area (Å²) in [6.07, 6.45) is -0.619. The van der Waals surface area contributed by atoms with Crippen LogP contribution in [0.4, 0.5) is 4.79 Å². The lowest BCUT2D eigenvalue weighted by atomic mass is 9.85. The van der Waals surface area contributed by atoms with E-state index in [9.17, 15) is 24.3 Å². The van der Waals surface area contributed by atoms with Gasteiger partial charge in [-0.1, -0.05) is 63.2 Å². The van der Waals surface area contributed by atoms with Crippen LogP contribution in [0.5, 0.6) is 0 Å². The number of hydrogen-bond donors (Lipinski definition) is 3. The number of ether oxygens (including phenoxy) is 1. The number of carboxylic acids is 1. The molecule has 4 atom stereocenters. The van der Waals surface area contributed by atoms with Crippen molar-refractivity contribution < 1.29 is 29.0 Å². The Morgan fingerprint density at radius 3 is 2.32 bits per heavy atom. The van der Waals surface area contributed by atoms with Crippen molar-refractivity contribution in [2.24, 2.45) is 10.5 Å². The molecule has 12 nitrogen and oxygen atoms in total. The number of likely N-dealkylation sites (tertiary alicyclic amines) is 1.